The molecule has 2 heterocycles. The van der Waals surface area contributed by atoms with Gasteiger partial charge in [-0.3, -0.25) is 14.5 Å². The van der Waals surface area contributed by atoms with Gasteiger partial charge in [0.25, 0.3) is 5.91 Å². The molecule has 0 fully saturated rings. The number of hydrogen-bond donors (Lipinski definition) is 2. The van der Waals surface area contributed by atoms with Gasteiger partial charge in [0.2, 0.25) is 0 Å². The molecule has 0 saturated heterocycles. The average molecular weight is 392 g/mol. The molecule has 7 nitrogen and oxygen atoms in total. The fourth-order valence-electron chi connectivity index (χ4n) is 3.77. The van der Waals surface area contributed by atoms with Crippen molar-refractivity contribution in [2.24, 2.45) is 7.05 Å². The van der Waals surface area contributed by atoms with E-state index in [0.717, 1.165) is 47.8 Å². The highest BCUT2D eigenvalue weighted by Gasteiger charge is 2.24. The van der Waals surface area contributed by atoms with Crippen LogP contribution in [0.5, 0.6) is 5.75 Å². The van der Waals surface area contributed by atoms with E-state index in [1.807, 2.05) is 43.4 Å². The quantitative estimate of drug-likeness (QED) is 0.653. The maximum Gasteiger partial charge on any atom is 0.274 e. The van der Waals surface area contributed by atoms with E-state index in [1.54, 1.807) is 12.1 Å². The van der Waals surface area contributed by atoms with Crippen LogP contribution in [0.15, 0.2) is 48.5 Å². The Balaban J connectivity index is 1.58. The molecule has 7 heteroatoms. The number of hydroxylamine groups is 1. The van der Waals surface area contributed by atoms with Gasteiger partial charge < -0.3 is 9.67 Å². The van der Waals surface area contributed by atoms with Gasteiger partial charge in [-0.05, 0) is 18.2 Å². The standard InChI is InChI=1S/C22H24N4O3/c1-25-19-14-26(13-17-6-3-4-9-20(17)27)11-10-18(19)23-21(25)15-7-5-8-16(12-15)22(28)24-29-2/h3-9,12,27H,10-11,13-14H2,1-2H3,(H,24,28). The number of hydrogen-bond acceptors (Lipinski definition) is 5. The van der Waals surface area contributed by atoms with Crippen LogP contribution in [0.4, 0.5) is 0 Å². The van der Waals surface area contributed by atoms with Gasteiger partial charge in [0, 0.05) is 49.8 Å². The summed E-state index contributed by atoms with van der Waals surface area (Å²) in [6.07, 6.45) is 0.848. The van der Waals surface area contributed by atoms with E-state index in [9.17, 15) is 9.90 Å². The Bertz CT molecular complexity index is 1040. The summed E-state index contributed by atoms with van der Waals surface area (Å²) < 4.78 is 2.10. The number of carbonyl (C=O) groups excluding carboxylic acids is 1. The van der Waals surface area contributed by atoms with Crippen molar-refractivity contribution in [3.63, 3.8) is 0 Å². The SMILES string of the molecule is CONC(=O)c1cccc(-c2nc3c(n2C)CN(Cc2ccccc2O)CC3)c1. The number of aromatic hydroxyl groups is 1. The molecule has 3 aromatic rings. The van der Waals surface area contributed by atoms with Gasteiger partial charge in [-0.15, -0.1) is 0 Å². The third-order valence-electron chi connectivity index (χ3n) is 5.30. The lowest BCUT2D eigenvalue weighted by Gasteiger charge is -2.27. The Morgan fingerprint density at radius 3 is 2.86 bits per heavy atom. The maximum absolute atomic E-state index is 12.1. The van der Waals surface area contributed by atoms with E-state index in [1.165, 1.54) is 7.11 Å². The largest absolute Gasteiger partial charge is 0.508 e. The van der Waals surface area contributed by atoms with Crippen LogP contribution < -0.4 is 5.48 Å². The van der Waals surface area contributed by atoms with Crippen LogP contribution in [-0.2, 0) is 31.4 Å². The van der Waals surface area contributed by atoms with Crippen LogP contribution in [0.3, 0.4) is 0 Å². The van der Waals surface area contributed by atoms with Gasteiger partial charge in [0.05, 0.1) is 18.5 Å². The molecule has 150 valence electrons. The van der Waals surface area contributed by atoms with E-state index >= 15 is 0 Å². The average Bonchev–Trinajstić information content (AvgIpc) is 3.06. The number of phenols is 1. The molecule has 1 aromatic heterocycles. The summed E-state index contributed by atoms with van der Waals surface area (Å²) in [4.78, 5) is 23.9. The molecular formula is C22H24N4O3. The molecule has 1 amide bonds. The number of para-hydroxylation sites is 1. The van der Waals surface area contributed by atoms with Crippen LogP contribution in [0.1, 0.15) is 27.3 Å². The lowest BCUT2D eigenvalue weighted by molar-refractivity contribution is 0.0537. The summed E-state index contributed by atoms with van der Waals surface area (Å²) in [5.74, 6) is 0.879. The first-order valence-electron chi connectivity index (χ1n) is 9.54. The molecule has 0 aliphatic carbocycles. The number of nitrogens with zero attached hydrogens (tertiary/aromatic N) is 3. The number of carbonyl (C=O) groups is 1. The Labute approximate surface area is 169 Å². The van der Waals surface area contributed by atoms with Gasteiger partial charge >= 0.3 is 0 Å². The maximum atomic E-state index is 12.1. The third kappa shape index (κ3) is 3.87. The van der Waals surface area contributed by atoms with Crippen molar-refractivity contribution in [3.05, 3.63) is 71.0 Å². The van der Waals surface area contributed by atoms with Crippen molar-refractivity contribution >= 4 is 5.91 Å². The zero-order valence-electron chi connectivity index (χ0n) is 16.6. The lowest BCUT2D eigenvalue weighted by Crippen LogP contribution is -2.31. The summed E-state index contributed by atoms with van der Waals surface area (Å²) in [7, 11) is 3.42. The molecule has 0 bridgehead atoms. The molecule has 0 unspecified atom stereocenters. The molecule has 0 spiro atoms. The summed E-state index contributed by atoms with van der Waals surface area (Å²) >= 11 is 0. The van der Waals surface area contributed by atoms with Crippen molar-refractivity contribution in [3.8, 4) is 17.1 Å². The number of imidazole rings is 1. The van der Waals surface area contributed by atoms with Crippen molar-refractivity contribution in [1.29, 1.82) is 0 Å². The number of phenolic OH excluding ortho intramolecular Hbond substituents is 1. The minimum Gasteiger partial charge on any atom is -0.508 e. The second kappa shape index (κ2) is 8.06. The highest BCUT2D eigenvalue weighted by molar-refractivity contribution is 5.94. The van der Waals surface area contributed by atoms with Crippen LogP contribution in [0, 0.1) is 0 Å². The van der Waals surface area contributed by atoms with Crippen molar-refractivity contribution in [2.75, 3.05) is 13.7 Å². The van der Waals surface area contributed by atoms with Gasteiger partial charge in [-0.2, -0.15) is 0 Å². The minimum absolute atomic E-state index is 0.290. The first kappa shape index (κ1) is 19.2. The Morgan fingerprint density at radius 1 is 1.24 bits per heavy atom. The summed E-state index contributed by atoms with van der Waals surface area (Å²) in [5, 5.41) is 10.1. The second-order valence-corrected chi connectivity index (χ2v) is 7.19. The number of amides is 1. The van der Waals surface area contributed by atoms with Crippen molar-refractivity contribution < 1.29 is 14.7 Å². The molecule has 2 N–H and O–H groups in total. The monoisotopic (exact) mass is 392 g/mol. The predicted octanol–water partition coefficient (Wildman–Crippen LogP) is 2.64. The van der Waals surface area contributed by atoms with Crippen molar-refractivity contribution in [2.45, 2.75) is 19.5 Å². The molecule has 0 radical (unpaired) electrons. The topological polar surface area (TPSA) is 79.6 Å². The van der Waals surface area contributed by atoms with E-state index in [-0.39, 0.29) is 5.91 Å². The number of benzene rings is 2. The summed E-state index contributed by atoms with van der Waals surface area (Å²) in [5.41, 5.74) is 6.92. The van der Waals surface area contributed by atoms with Crippen LogP contribution in [0.2, 0.25) is 0 Å². The molecule has 0 atom stereocenters. The Morgan fingerprint density at radius 2 is 2.07 bits per heavy atom. The second-order valence-electron chi connectivity index (χ2n) is 7.19. The fraction of sp³-hybridized carbons (Fsp3) is 0.273. The first-order chi connectivity index (χ1) is 14.1. The van der Waals surface area contributed by atoms with Crippen LogP contribution in [-0.4, -0.2) is 39.1 Å². The fourth-order valence-corrected chi connectivity index (χ4v) is 3.77. The predicted molar refractivity (Wildman–Crippen MR) is 109 cm³/mol. The van der Waals surface area contributed by atoms with E-state index < -0.39 is 0 Å². The van der Waals surface area contributed by atoms with Crippen LogP contribution >= 0.6 is 0 Å². The zero-order valence-corrected chi connectivity index (χ0v) is 16.6. The van der Waals surface area contributed by atoms with Gasteiger partial charge in [-0.25, -0.2) is 10.5 Å². The van der Waals surface area contributed by atoms with E-state index in [0.29, 0.717) is 17.9 Å². The Hall–Kier alpha value is -3.16. The number of aromatic nitrogens is 2. The lowest BCUT2D eigenvalue weighted by atomic mass is 10.1. The van der Waals surface area contributed by atoms with Crippen molar-refractivity contribution in [1.82, 2.24) is 19.9 Å². The highest BCUT2D eigenvalue weighted by Crippen LogP contribution is 2.28. The number of nitrogens with one attached hydrogen (secondary N) is 1. The van der Waals surface area contributed by atoms with E-state index in [4.69, 9.17) is 9.82 Å². The Kier molecular flexibility index (Phi) is 5.33. The molecule has 1 aliphatic heterocycles. The van der Waals surface area contributed by atoms with E-state index in [2.05, 4.69) is 14.9 Å². The molecule has 1 aliphatic rings. The minimum atomic E-state index is -0.290. The normalized spacial score (nSPS) is 13.9. The first-order valence-corrected chi connectivity index (χ1v) is 9.54. The smallest absolute Gasteiger partial charge is 0.274 e. The summed E-state index contributed by atoms with van der Waals surface area (Å²) in [6.45, 7) is 2.34. The molecule has 29 heavy (non-hydrogen) atoms. The van der Waals surface area contributed by atoms with Gasteiger partial charge in [0.1, 0.15) is 11.6 Å². The molecule has 2 aromatic carbocycles. The molecular weight excluding hydrogens is 368 g/mol. The zero-order chi connectivity index (χ0) is 20.4. The molecule has 4 rings (SSSR count). The van der Waals surface area contributed by atoms with Crippen LogP contribution in [0.25, 0.3) is 11.4 Å². The summed E-state index contributed by atoms with van der Waals surface area (Å²) in [6, 6.07) is 14.8. The number of rotatable bonds is 5. The third-order valence-corrected chi connectivity index (χ3v) is 5.30. The van der Waals surface area contributed by atoms with Gasteiger partial charge in [-0.1, -0.05) is 30.3 Å². The van der Waals surface area contributed by atoms with Gasteiger partial charge in [0.15, 0.2) is 0 Å². The highest BCUT2D eigenvalue weighted by atomic mass is 16.6. The molecule has 0 saturated carbocycles. The number of fused-ring (bicyclic) bond motifs is 1.